The van der Waals surface area contributed by atoms with Gasteiger partial charge in [0, 0.05) is 12.0 Å². The minimum Gasteiger partial charge on any atom is -0.495 e. The number of hydrogen-bond acceptors (Lipinski definition) is 8. The summed E-state index contributed by atoms with van der Waals surface area (Å²) in [6.45, 7) is 2.60. The molecule has 9 nitrogen and oxygen atoms in total. The number of aliphatic hydroxyl groups is 1. The van der Waals surface area contributed by atoms with E-state index in [9.17, 15) is 45.8 Å². The number of hydrogen-bond donors (Lipinski definition) is 3. The van der Waals surface area contributed by atoms with Crippen molar-refractivity contribution in [3.8, 4) is 5.75 Å². The minimum absolute atomic E-state index is 0.431. The molecule has 0 aliphatic heterocycles. The molecule has 1 amide bonds. The molecule has 0 spiro atoms. The van der Waals surface area contributed by atoms with Crippen molar-refractivity contribution in [1.29, 1.82) is 0 Å². The average molecular weight is 518 g/mol. The zero-order valence-electron chi connectivity index (χ0n) is 19.0. The maximum absolute atomic E-state index is 14.1. The summed E-state index contributed by atoms with van der Waals surface area (Å²) in [6.07, 6.45) is -11.6. The number of carbonyl (C=O) groups is 3. The predicted octanol–water partition coefficient (Wildman–Crippen LogP) is 2.77. The van der Waals surface area contributed by atoms with Gasteiger partial charge in [0.25, 0.3) is 5.60 Å². The van der Waals surface area contributed by atoms with Gasteiger partial charge in [-0.15, -0.1) is 0 Å². The first-order valence-corrected chi connectivity index (χ1v) is 10.0. The third-order valence-corrected chi connectivity index (χ3v) is 4.58. The second kappa shape index (κ2) is 11.0. The molecule has 0 saturated carbocycles. The van der Waals surface area contributed by atoms with Crippen molar-refractivity contribution in [2.75, 3.05) is 25.6 Å². The Bertz CT molecular complexity index is 938. The van der Waals surface area contributed by atoms with Gasteiger partial charge in [-0.25, -0.2) is 9.59 Å². The Hall–Kier alpha value is -3.23. The summed E-state index contributed by atoms with van der Waals surface area (Å²) in [6, 6.07) is 1.49. The lowest BCUT2D eigenvalue weighted by Gasteiger charge is -2.36. The summed E-state index contributed by atoms with van der Waals surface area (Å²) in [5.74, 6) is -6.01. The minimum atomic E-state index is -5.59. The molecule has 35 heavy (non-hydrogen) atoms. The normalized spacial score (nSPS) is 15.3. The summed E-state index contributed by atoms with van der Waals surface area (Å²) in [4.78, 5) is 36.2. The Kier molecular flexibility index (Phi) is 9.37. The van der Waals surface area contributed by atoms with Crippen LogP contribution in [0.25, 0.3) is 0 Å². The molecule has 1 rings (SSSR count). The van der Waals surface area contributed by atoms with Gasteiger partial charge in [0.1, 0.15) is 5.75 Å². The maximum Gasteiger partial charge on any atom is 0.441 e. The van der Waals surface area contributed by atoms with Crippen LogP contribution >= 0.6 is 0 Å². The maximum atomic E-state index is 14.1. The quantitative estimate of drug-likeness (QED) is 0.246. The number of amides is 1. The molecule has 0 aromatic heterocycles. The van der Waals surface area contributed by atoms with Gasteiger partial charge in [0.15, 0.2) is 0 Å². The molecular weight excluding hydrogens is 494 g/mol. The monoisotopic (exact) mass is 518 g/mol. The van der Waals surface area contributed by atoms with Gasteiger partial charge in [-0.05, 0) is 26.0 Å². The molecule has 0 saturated heterocycles. The van der Waals surface area contributed by atoms with E-state index in [1.54, 1.807) is 5.32 Å². The topological polar surface area (TPSA) is 123 Å². The average Bonchev–Trinajstić information content (AvgIpc) is 2.76. The number of nitrogens with one attached hydrogen (secondary N) is 2. The highest BCUT2D eigenvalue weighted by Crippen LogP contribution is 2.43. The van der Waals surface area contributed by atoms with Gasteiger partial charge in [0.2, 0.25) is 5.91 Å². The largest absolute Gasteiger partial charge is 0.495 e. The Labute approximate surface area is 195 Å². The van der Waals surface area contributed by atoms with Gasteiger partial charge >= 0.3 is 30.0 Å². The highest BCUT2D eigenvalue weighted by molar-refractivity contribution is 5.92. The zero-order valence-corrected chi connectivity index (χ0v) is 19.0. The van der Waals surface area contributed by atoms with E-state index >= 15 is 0 Å². The van der Waals surface area contributed by atoms with Crippen molar-refractivity contribution in [2.24, 2.45) is 0 Å². The first-order valence-electron chi connectivity index (χ1n) is 10.0. The summed E-state index contributed by atoms with van der Waals surface area (Å²) < 4.78 is 96.9. The number of benzene rings is 1. The molecule has 0 bridgehead atoms. The second-order valence-corrected chi connectivity index (χ2v) is 6.84. The molecule has 0 fully saturated rings. The zero-order chi connectivity index (χ0) is 27.2. The van der Waals surface area contributed by atoms with Crippen LogP contribution in [-0.4, -0.2) is 61.3 Å². The van der Waals surface area contributed by atoms with E-state index in [-0.39, 0.29) is 0 Å². The molecule has 198 valence electrons. The molecule has 0 radical (unpaired) electrons. The third kappa shape index (κ3) is 5.89. The molecule has 0 aliphatic carbocycles. The van der Waals surface area contributed by atoms with Crippen LogP contribution in [0, 0.1) is 0 Å². The van der Waals surface area contributed by atoms with E-state index < -0.39 is 78.1 Å². The Balaban J connectivity index is 3.75. The molecule has 1 aromatic rings. The fourth-order valence-corrected chi connectivity index (χ4v) is 2.78. The van der Waals surface area contributed by atoms with Crippen LogP contribution in [0.1, 0.15) is 32.8 Å². The van der Waals surface area contributed by atoms with Gasteiger partial charge in [0.05, 0.1) is 26.0 Å². The van der Waals surface area contributed by atoms with Crippen LogP contribution in [0.2, 0.25) is 0 Å². The number of anilines is 1. The van der Waals surface area contributed by atoms with E-state index in [2.05, 4.69) is 9.47 Å². The van der Waals surface area contributed by atoms with Crippen LogP contribution in [0.3, 0.4) is 0 Å². The number of ether oxygens (including phenoxy) is 3. The van der Waals surface area contributed by atoms with Crippen molar-refractivity contribution in [2.45, 2.75) is 50.8 Å². The first kappa shape index (κ1) is 29.8. The molecule has 0 aliphatic rings. The van der Waals surface area contributed by atoms with Crippen molar-refractivity contribution >= 4 is 23.5 Å². The number of esters is 2. The van der Waals surface area contributed by atoms with Crippen LogP contribution in [0.15, 0.2) is 18.2 Å². The Morgan fingerprint density at radius 3 is 1.89 bits per heavy atom. The molecule has 15 heteroatoms. The number of carbonyl (C=O) groups excluding carboxylic acids is 3. The summed E-state index contributed by atoms with van der Waals surface area (Å²) in [5.41, 5.74) is -9.91. The molecule has 1 aromatic carbocycles. The van der Waals surface area contributed by atoms with Gasteiger partial charge in [-0.1, -0.05) is 13.0 Å². The van der Waals surface area contributed by atoms with Crippen LogP contribution in [0.4, 0.5) is 32.0 Å². The number of methoxy groups -OCH3 is 1. The molecule has 3 N–H and O–H groups in total. The van der Waals surface area contributed by atoms with Crippen molar-refractivity contribution in [3.63, 3.8) is 0 Å². The number of halogens is 6. The lowest BCUT2D eigenvalue weighted by atomic mass is 9.92. The molecule has 2 atom stereocenters. The summed E-state index contributed by atoms with van der Waals surface area (Å²) in [7, 11) is 0.867. The second-order valence-electron chi connectivity index (χ2n) is 6.84. The first-order chi connectivity index (χ1) is 16.0. The van der Waals surface area contributed by atoms with Crippen molar-refractivity contribution in [1.82, 2.24) is 5.32 Å². The number of alkyl halides is 6. The highest BCUT2D eigenvalue weighted by atomic mass is 19.4. The fraction of sp³-hybridized carbons (Fsp3) is 0.550. The Morgan fingerprint density at radius 2 is 1.46 bits per heavy atom. The van der Waals surface area contributed by atoms with Crippen molar-refractivity contribution in [3.05, 3.63) is 23.8 Å². The summed E-state index contributed by atoms with van der Waals surface area (Å²) in [5, 5.41) is 13.5. The Morgan fingerprint density at radius 1 is 0.914 bits per heavy atom. The van der Waals surface area contributed by atoms with E-state index in [1.807, 2.05) is 0 Å². The van der Waals surface area contributed by atoms with E-state index in [0.717, 1.165) is 7.11 Å². The smallest absolute Gasteiger partial charge is 0.441 e. The van der Waals surface area contributed by atoms with E-state index in [0.29, 0.717) is 18.2 Å². The fourth-order valence-electron chi connectivity index (χ4n) is 2.78. The van der Waals surface area contributed by atoms with Crippen LogP contribution < -0.4 is 15.4 Å². The lowest BCUT2D eigenvalue weighted by molar-refractivity contribution is -0.267. The summed E-state index contributed by atoms with van der Waals surface area (Å²) >= 11 is 0. The third-order valence-electron chi connectivity index (χ3n) is 4.58. The SMILES string of the molecule is CCOC(=O)[C@@](NC(=O)CC)(Nc1ccc([C@@](O)(C(=O)OCC)C(F)(F)F)cc1OC)C(F)(F)F. The number of rotatable bonds is 10. The standard InChI is InChI=1S/C20H24F6N2O7/c1-5-14(29)28-18(20(24,25)26,16(31)35-7-3)27-12-9-8-11(10-13(12)33-4)17(32,19(21,22)23)15(30)34-6-2/h8-10,27,32H,5-7H2,1-4H3,(H,28,29)/t17-,18+/m1/s1. The van der Waals surface area contributed by atoms with Gasteiger partial charge < -0.3 is 30.0 Å². The van der Waals surface area contributed by atoms with E-state index in [4.69, 9.17) is 4.74 Å². The van der Waals surface area contributed by atoms with E-state index in [1.165, 1.54) is 26.1 Å². The highest BCUT2D eigenvalue weighted by Gasteiger charge is 2.64. The van der Waals surface area contributed by atoms with Crippen LogP contribution in [0.5, 0.6) is 5.75 Å². The van der Waals surface area contributed by atoms with Crippen LogP contribution in [-0.2, 0) is 29.5 Å². The van der Waals surface area contributed by atoms with Gasteiger partial charge in [-0.3, -0.25) is 4.79 Å². The predicted molar refractivity (Wildman–Crippen MR) is 107 cm³/mol. The van der Waals surface area contributed by atoms with Crippen molar-refractivity contribution < 1.29 is 60.0 Å². The van der Waals surface area contributed by atoms with Gasteiger partial charge in [-0.2, -0.15) is 26.3 Å². The molecule has 0 heterocycles. The molecule has 0 unspecified atom stereocenters. The lowest BCUT2D eigenvalue weighted by Crippen LogP contribution is -2.69. The molecular formula is C20H24F6N2O7.